The van der Waals surface area contributed by atoms with Crippen molar-refractivity contribution >= 4 is 22.7 Å². The fourth-order valence-electron chi connectivity index (χ4n) is 3.92. The number of carbonyl (C=O) groups excluding carboxylic acids is 2. The first-order valence-corrected chi connectivity index (χ1v) is 10.1. The number of hydrogen-bond donors (Lipinski definition) is 1. The van der Waals surface area contributed by atoms with Crippen LogP contribution in [0.1, 0.15) is 23.6 Å². The minimum Gasteiger partial charge on any atom is -0.319 e. The van der Waals surface area contributed by atoms with Crippen LogP contribution in [-0.4, -0.2) is 35.5 Å². The molecule has 4 rings (SSSR count). The van der Waals surface area contributed by atoms with E-state index in [0.29, 0.717) is 11.1 Å². The number of benzene rings is 3. The van der Waals surface area contributed by atoms with Gasteiger partial charge < -0.3 is 5.32 Å². The summed E-state index contributed by atoms with van der Waals surface area (Å²) in [6, 6.07) is 17.7. The lowest BCUT2D eigenvalue weighted by Gasteiger charge is -2.25. The Morgan fingerprint density at radius 3 is 2.28 bits per heavy atom. The Bertz CT molecular complexity index is 1180. The number of nitrogens with zero attached hydrogens (tertiary/aromatic N) is 2. The monoisotopic (exact) mass is 441 g/mol. The summed E-state index contributed by atoms with van der Waals surface area (Å²) in [6.45, 7) is 1.96. The molecule has 0 aliphatic carbocycles. The van der Waals surface area contributed by atoms with E-state index < -0.39 is 23.3 Å². The quantitative estimate of drug-likeness (QED) is 0.584. The van der Waals surface area contributed by atoms with Crippen LogP contribution in [0, 0.1) is 0 Å². The highest BCUT2D eigenvalue weighted by molar-refractivity contribution is 6.07. The number of amides is 3. The average molecular weight is 441 g/mol. The largest absolute Gasteiger partial charge is 0.416 e. The fourth-order valence-corrected chi connectivity index (χ4v) is 3.92. The molecule has 1 atom stereocenters. The summed E-state index contributed by atoms with van der Waals surface area (Å²) in [7, 11) is 1.70. The van der Waals surface area contributed by atoms with Gasteiger partial charge >= 0.3 is 12.2 Å². The number of halogens is 3. The topological polar surface area (TPSA) is 52.6 Å². The van der Waals surface area contributed by atoms with Crippen LogP contribution in [0.5, 0.6) is 0 Å². The first-order valence-electron chi connectivity index (χ1n) is 10.1. The van der Waals surface area contributed by atoms with Gasteiger partial charge in [0.15, 0.2) is 0 Å². The number of nitrogens with one attached hydrogen (secondary N) is 1. The van der Waals surface area contributed by atoms with Crippen molar-refractivity contribution < 1.29 is 22.8 Å². The molecule has 1 N–H and O–H groups in total. The van der Waals surface area contributed by atoms with E-state index in [0.717, 1.165) is 27.8 Å². The molecule has 0 radical (unpaired) electrons. The lowest BCUT2D eigenvalue weighted by molar-refractivity contribution is -0.137. The molecular formula is C24H22F3N3O2. The molecule has 1 fully saturated rings. The fraction of sp³-hybridized carbons (Fsp3) is 0.250. The number of carbonyl (C=O) groups is 2. The van der Waals surface area contributed by atoms with E-state index in [9.17, 15) is 22.8 Å². The third-order valence-corrected chi connectivity index (χ3v) is 5.72. The van der Waals surface area contributed by atoms with Crippen LogP contribution in [0.15, 0.2) is 66.7 Å². The van der Waals surface area contributed by atoms with Gasteiger partial charge in [-0.1, -0.05) is 48.5 Å². The molecule has 0 bridgehead atoms. The average Bonchev–Trinajstić information content (AvgIpc) is 2.97. The van der Waals surface area contributed by atoms with Crippen molar-refractivity contribution in [2.45, 2.75) is 25.2 Å². The van der Waals surface area contributed by atoms with Crippen molar-refractivity contribution in [2.24, 2.45) is 0 Å². The first-order chi connectivity index (χ1) is 15.1. The third-order valence-electron chi connectivity index (χ3n) is 5.72. The van der Waals surface area contributed by atoms with Gasteiger partial charge in [-0.2, -0.15) is 13.2 Å². The van der Waals surface area contributed by atoms with Crippen molar-refractivity contribution in [3.63, 3.8) is 0 Å². The standard InChI is InChI=1S/C24H22F3N3O2/c1-23(20-12-9-17-5-3-4-6-18(17)13-20)21(31)30(22(32)28-23)15-29(2)14-16-7-10-19(11-8-16)24(25,26)27/h3-13H,14-15H2,1-2H3,(H,28,32). The van der Waals surface area contributed by atoms with Crippen LogP contribution in [0.3, 0.4) is 0 Å². The summed E-state index contributed by atoms with van der Waals surface area (Å²) in [4.78, 5) is 28.7. The normalized spacial score (nSPS) is 19.1. The minimum absolute atomic E-state index is 0.00879. The molecule has 1 aliphatic rings. The number of hydrogen-bond acceptors (Lipinski definition) is 3. The molecule has 1 aliphatic heterocycles. The smallest absolute Gasteiger partial charge is 0.319 e. The van der Waals surface area contributed by atoms with E-state index >= 15 is 0 Å². The Morgan fingerprint density at radius 2 is 1.62 bits per heavy atom. The molecule has 1 saturated heterocycles. The lowest BCUT2D eigenvalue weighted by Crippen LogP contribution is -2.42. The number of alkyl halides is 3. The van der Waals surface area contributed by atoms with Crippen LogP contribution in [0.25, 0.3) is 10.8 Å². The molecule has 0 spiro atoms. The van der Waals surface area contributed by atoms with Gasteiger partial charge in [0, 0.05) is 6.54 Å². The lowest BCUT2D eigenvalue weighted by atomic mass is 9.90. The van der Waals surface area contributed by atoms with Crippen LogP contribution in [0.4, 0.5) is 18.0 Å². The zero-order valence-electron chi connectivity index (χ0n) is 17.6. The van der Waals surface area contributed by atoms with Gasteiger partial charge in [-0.3, -0.25) is 9.69 Å². The summed E-state index contributed by atoms with van der Waals surface area (Å²) in [5.74, 6) is -0.378. The zero-order chi connectivity index (χ0) is 23.1. The van der Waals surface area contributed by atoms with Crippen LogP contribution < -0.4 is 5.32 Å². The first kappa shape index (κ1) is 21.8. The predicted molar refractivity (Wildman–Crippen MR) is 114 cm³/mol. The van der Waals surface area contributed by atoms with E-state index in [1.54, 1.807) is 18.9 Å². The number of rotatable bonds is 5. The molecule has 1 heterocycles. The minimum atomic E-state index is -4.39. The van der Waals surface area contributed by atoms with Crippen LogP contribution >= 0.6 is 0 Å². The van der Waals surface area contributed by atoms with Gasteiger partial charge in [-0.05, 0) is 54.1 Å². The van der Waals surface area contributed by atoms with Gasteiger partial charge in [0.1, 0.15) is 5.54 Å². The number of urea groups is 1. The number of imide groups is 1. The Hall–Kier alpha value is -3.39. The second-order valence-corrected chi connectivity index (χ2v) is 8.20. The van der Waals surface area contributed by atoms with Crippen molar-refractivity contribution in [1.29, 1.82) is 0 Å². The van der Waals surface area contributed by atoms with E-state index in [-0.39, 0.29) is 19.1 Å². The molecule has 0 aromatic heterocycles. The van der Waals surface area contributed by atoms with Crippen molar-refractivity contribution in [1.82, 2.24) is 15.1 Å². The SMILES string of the molecule is CN(Cc1ccc(C(F)(F)F)cc1)CN1C(=O)NC(C)(c2ccc3ccccc3c2)C1=O. The van der Waals surface area contributed by atoms with Crippen LogP contribution in [0.2, 0.25) is 0 Å². The molecule has 8 heteroatoms. The Labute approximate surface area is 183 Å². The molecule has 166 valence electrons. The maximum Gasteiger partial charge on any atom is 0.416 e. The van der Waals surface area contributed by atoms with E-state index in [2.05, 4.69) is 5.32 Å². The molecule has 3 aromatic rings. The highest BCUT2D eigenvalue weighted by atomic mass is 19.4. The summed E-state index contributed by atoms with van der Waals surface area (Å²) >= 11 is 0. The molecule has 3 amide bonds. The summed E-state index contributed by atoms with van der Waals surface area (Å²) in [5.41, 5.74) is -0.590. The predicted octanol–water partition coefficient (Wildman–Crippen LogP) is 4.72. The maximum absolute atomic E-state index is 13.2. The van der Waals surface area contributed by atoms with Crippen molar-refractivity contribution in [3.8, 4) is 0 Å². The molecule has 0 saturated carbocycles. The summed E-state index contributed by atoms with van der Waals surface area (Å²) in [5, 5.41) is 4.79. The second kappa shape index (κ2) is 7.94. The molecule has 1 unspecified atom stereocenters. The van der Waals surface area contributed by atoms with Gasteiger partial charge in [0.05, 0.1) is 12.2 Å². The summed E-state index contributed by atoms with van der Waals surface area (Å²) in [6.07, 6.45) is -4.39. The maximum atomic E-state index is 13.2. The van der Waals surface area contributed by atoms with E-state index in [4.69, 9.17) is 0 Å². The molecule has 5 nitrogen and oxygen atoms in total. The summed E-state index contributed by atoms with van der Waals surface area (Å²) < 4.78 is 38.2. The van der Waals surface area contributed by atoms with E-state index in [1.807, 2.05) is 42.5 Å². The third kappa shape index (κ3) is 4.05. The number of fused-ring (bicyclic) bond motifs is 1. The van der Waals surface area contributed by atoms with Gasteiger partial charge in [-0.15, -0.1) is 0 Å². The van der Waals surface area contributed by atoms with Crippen molar-refractivity contribution in [2.75, 3.05) is 13.7 Å². The second-order valence-electron chi connectivity index (χ2n) is 8.20. The van der Waals surface area contributed by atoms with Gasteiger partial charge in [0.2, 0.25) is 0 Å². The highest BCUT2D eigenvalue weighted by Gasteiger charge is 2.49. The van der Waals surface area contributed by atoms with Crippen molar-refractivity contribution in [3.05, 3.63) is 83.4 Å². The highest BCUT2D eigenvalue weighted by Crippen LogP contribution is 2.32. The van der Waals surface area contributed by atoms with Crippen LogP contribution in [-0.2, 0) is 23.1 Å². The van der Waals surface area contributed by atoms with E-state index in [1.165, 1.54) is 12.1 Å². The van der Waals surface area contributed by atoms with Gasteiger partial charge in [0.25, 0.3) is 5.91 Å². The molecule has 32 heavy (non-hydrogen) atoms. The Kier molecular flexibility index (Phi) is 5.42. The zero-order valence-corrected chi connectivity index (χ0v) is 17.6. The molecule has 3 aromatic carbocycles. The molecular weight excluding hydrogens is 419 g/mol. The Balaban J connectivity index is 1.48. The Morgan fingerprint density at radius 1 is 0.969 bits per heavy atom. The van der Waals surface area contributed by atoms with Gasteiger partial charge in [-0.25, -0.2) is 9.69 Å².